The first kappa shape index (κ1) is 18.3. The van der Waals surface area contributed by atoms with Crippen molar-refractivity contribution in [1.29, 1.82) is 5.26 Å². The first-order chi connectivity index (χ1) is 11.7. The van der Waals surface area contributed by atoms with E-state index in [0.717, 1.165) is 10.9 Å². The van der Waals surface area contributed by atoms with Gasteiger partial charge in [0.2, 0.25) is 0 Å². The molecule has 122 valence electrons. The molecule has 24 heavy (non-hydrogen) atoms. The molecule has 0 bridgehead atoms. The van der Waals surface area contributed by atoms with E-state index < -0.39 is 6.10 Å². The Morgan fingerprint density at radius 1 is 1.38 bits per heavy atom. The first-order valence-corrected chi connectivity index (χ1v) is 14.0. The maximum atomic E-state index is 14.8. The SMILES string of the molecule is N#Cc1cc(C(OPI)c2cc3ccn(SI)c3cc2F)ccn1. The van der Waals surface area contributed by atoms with Gasteiger partial charge in [-0.1, -0.05) is 0 Å². The first-order valence-electron chi connectivity index (χ1n) is 6.65. The summed E-state index contributed by atoms with van der Waals surface area (Å²) in [6, 6.07) is 10.7. The van der Waals surface area contributed by atoms with Gasteiger partial charge < -0.3 is 4.52 Å². The lowest BCUT2D eigenvalue weighted by Gasteiger charge is -2.18. The van der Waals surface area contributed by atoms with E-state index in [4.69, 9.17) is 9.79 Å². The summed E-state index contributed by atoms with van der Waals surface area (Å²) in [5.41, 5.74) is 2.27. The van der Waals surface area contributed by atoms with E-state index >= 15 is 0 Å². The van der Waals surface area contributed by atoms with Crippen LogP contribution in [0.15, 0.2) is 42.7 Å². The zero-order valence-corrected chi connectivity index (χ0v) is 18.0. The van der Waals surface area contributed by atoms with Crippen LogP contribution in [-0.4, -0.2) is 8.96 Å². The Morgan fingerprint density at radius 2 is 2.21 bits per heavy atom. The number of fused-ring (bicyclic) bond motifs is 1. The lowest BCUT2D eigenvalue weighted by molar-refractivity contribution is 0.285. The minimum Gasteiger partial charge on any atom is -0.339 e. The summed E-state index contributed by atoms with van der Waals surface area (Å²) >= 11 is 4.27. The third-order valence-electron chi connectivity index (χ3n) is 3.49. The molecule has 4 nitrogen and oxygen atoms in total. The van der Waals surface area contributed by atoms with Crippen LogP contribution in [0.25, 0.3) is 10.9 Å². The van der Waals surface area contributed by atoms with Crippen LogP contribution in [0.4, 0.5) is 4.39 Å². The number of hydrogen-bond donors (Lipinski definition) is 0. The van der Waals surface area contributed by atoms with E-state index in [0.29, 0.717) is 11.1 Å². The van der Waals surface area contributed by atoms with Crippen molar-refractivity contribution in [3.05, 3.63) is 65.4 Å². The minimum absolute atomic E-state index is 0.155. The predicted octanol–water partition coefficient (Wildman–Crippen LogP) is 5.94. The summed E-state index contributed by atoms with van der Waals surface area (Å²) in [6.07, 6.45) is 2.87. The van der Waals surface area contributed by atoms with Gasteiger partial charge in [0, 0.05) is 53.7 Å². The lowest BCUT2D eigenvalue weighted by Crippen LogP contribution is -2.05. The largest absolute Gasteiger partial charge is 0.339 e. The summed E-state index contributed by atoms with van der Waals surface area (Å²) in [5, 5.41) is 9.98. The molecule has 1 aromatic carbocycles. The summed E-state index contributed by atoms with van der Waals surface area (Å²) in [5.74, 6) is -0.331. The summed E-state index contributed by atoms with van der Waals surface area (Å²) in [4.78, 5) is 3.96. The van der Waals surface area contributed by atoms with E-state index in [1.165, 1.54) is 15.2 Å². The molecule has 0 aliphatic carbocycles. The van der Waals surface area contributed by atoms with Crippen LogP contribution in [0.5, 0.6) is 0 Å². The number of aromatic nitrogens is 2. The Hall–Kier alpha value is -0.470. The standard InChI is InChI=1S/C15H9FI2N3OPS/c16-13-7-14-9(2-4-21(14)24-18)6-12(13)15(22-23-17)10-1-3-20-11(5-10)8-19/h1-7,15,23H. The Balaban J connectivity index is 2.13. The number of pyridine rings is 1. The van der Waals surface area contributed by atoms with Crippen LogP contribution in [0, 0.1) is 17.1 Å². The van der Waals surface area contributed by atoms with Crippen LogP contribution >= 0.6 is 58.8 Å². The van der Waals surface area contributed by atoms with Crippen molar-refractivity contribution < 1.29 is 8.91 Å². The molecule has 3 aromatic rings. The van der Waals surface area contributed by atoms with Gasteiger partial charge in [-0.3, -0.25) is 3.97 Å². The monoisotopic (exact) mass is 583 g/mol. The van der Waals surface area contributed by atoms with Gasteiger partial charge in [0.25, 0.3) is 0 Å². The number of rotatable bonds is 5. The summed E-state index contributed by atoms with van der Waals surface area (Å²) < 4.78 is 22.5. The molecule has 2 unspecified atom stereocenters. The second-order valence-corrected chi connectivity index (χ2v) is 8.23. The van der Waals surface area contributed by atoms with Gasteiger partial charge in [-0.25, -0.2) is 9.37 Å². The van der Waals surface area contributed by atoms with Crippen molar-refractivity contribution in [2.75, 3.05) is 0 Å². The number of hydrogen-bond acceptors (Lipinski definition) is 4. The smallest absolute Gasteiger partial charge is 0.140 e. The van der Waals surface area contributed by atoms with Crippen LogP contribution in [0.3, 0.4) is 0 Å². The molecule has 0 amide bonds. The number of halogens is 3. The molecule has 3 rings (SSSR count). The number of nitrogens with zero attached hydrogens (tertiary/aromatic N) is 3. The highest BCUT2D eigenvalue weighted by atomic mass is 127. The van der Waals surface area contributed by atoms with Crippen LogP contribution in [0.1, 0.15) is 22.9 Å². The Bertz CT molecular complexity index is 931. The topological polar surface area (TPSA) is 50.8 Å². The van der Waals surface area contributed by atoms with E-state index in [2.05, 4.69) is 48.2 Å². The van der Waals surface area contributed by atoms with Gasteiger partial charge in [-0.05, 0) is 57.9 Å². The molecule has 0 fully saturated rings. The zero-order valence-electron chi connectivity index (χ0n) is 11.9. The third-order valence-corrected chi connectivity index (χ3v) is 6.32. The van der Waals surface area contributed by atoms with Gasteiger partial charge in [0.05, 0.1) is 12.0 Å². The van der Waals surface area contributed by atoms with E-state index in [1.54, 1.807) is 18.3 Å². The van der Waals surface area contributed by atoms with E-state index in [9.17, 15) is 4.39 Å². The third kappa shape index (κ3) is 3.70. The zero-order chi connectivity index (χ0) is 17.1. The highest BCUT2D eigenvalue weighted by molar-refractivity contribution is 14.2. The fourth-order valence-electron chi connectivity index (χ4n) is 2.44. The Labute approximate surface area is 169 Å². The van der Waals surface area contributed by atoms with Gasteiger partial charge in [-0.15, -0.1) is 0 Å². The lowest BCUT2D eigenvalue weighted by atomic mass is 10.00. The molecule has 0 aliphatic heterocycles. The molecule has 0 aliphatic rings. The fraction of sp³-hybridized carbons (Fsp3) is 0.0667. The van der Waals surface area contributed by atoms with Crippen LogP contribution in [-0.2, 0) is 4.52 Å². The maximum absolute atomic E-state index is 14.8. The van der Waals surface area contributed by atoms with Crippen molar-refractivity contribution in [1.82, 2.24) is 8.96 Å². The second kappa shape index (κ2) is 8.27. The molecular formula is C15H9FI2N3OPS. The van der Waals surface area contributed by atoms with Crippen molar-refractivity contribution in [3.63, 3.8) is 0 Å². The quantitative estimate of drug-likeness (QED) is 0.276. The average Bonchev–Trinajstić information content (AvgIpc) is 3.01. The van der Waals surface area contributed by atoms with Gasteiger partial charge in [0.1, 0.15) is 23.7 Å². The summed E-state index contributed by atoms with van der Waals surface area (Å²) in [7, 11) is 1.48. The second-order valence-electron chi connectivity index (χ2n) is 4.80. The molecule has 0 spiro atoms. The molecule has 0 saturated carbocycles. The molecule has 0 radical (unpaired) electrons. The maximum Gasteiger partial charge on any atom is 0.140 e. The van der Waals surface area contributed by atoms with Crippen molar-refractivity contribution in [2.45, 2.75) is 6.10 Å². The van der Waals surface area contributed by atoms with Gasteiger partial charge in [-0.2, -0.15) is 5.26 Å². The van der Waals surface area contributed by atoms with Crippen molar-refractivity contribution >= 4 is 69.7 Å². The normalized spacial score (nSPS) is 12.8. The Morgan fingerprint density at radius 3 is 2.92 bits per heavy atom. The molecule has 0 N–H and O–H groups in total. The summed E-state index contributed by atoms with van der Waals surface area (Å²) in [6.45, 7) is 0.155. The highest BCUT2D eigenvalue weighted by Gasteiger charge is 2.21. The molecule has 2 atom stereocenters. The van der Waals surface area contributed by atoms with Gasteiger partial charge in [0.15, 0.2) is 0 Å². The molecule has 2 aromatic heterocycles. The van der Waals surface area contributed by atoms with E-state index in [-0.39, 0.29) is 18.0 Å². The Kier molecular flexibility index (Phi) is 6.32. The van der Waals surface area contributed by atoms with E-state index in [1.807, 2.05) is 28.4 Å². The highest BCUT2D eigenvalue weighted by Crippen LogP contribution is 2.39. The molecule has 2 heterocycles. The van der Waals surface area contributed by atoms with Gasteiger partial charge >= 0.3 is 0 Å². The molecule has 9 heteroatoms. The number of benzene rings is 1. The van der Waals surface area contributed by atoms with Crippen molar-refractivity contribution in [3.8, 4) is 6.07 Å². The minimum atomic E-state index is -0.574. The van der Waals surface area contributed by atoms with Crippen LogP contribution in [0.2, 0.25) is 0 Å². The van der Waals surface area contributed by atoms with Crippen molar-refractivity contribution in [2.24, 2.45) is 0 Å². The molecular weight excluding hydrogens is 574 g/mol. The van der Waals surface area contributed by atoms with Crippen LogP contribution < -0.4 is 0 Å². The predicted molar refractivity (Wildman–Crippen MR) is 113 cm³/mol. The molecule has 0 saturated heterocycles. The number of nitriles is 1. The average molecular weight is 583 g/mol. The fourth-order valence-corrected chi connectivity index (χ4v) is 4.92.